The summed E-state index contributed by atoms with van der Waals surface area (Å²) in [6.07, 6.45) is 0. The van der Waals surface area contributed by atoms with Gasteiger partial charge in [0.2, 0.25) is 0 Å². The van der Waals surface area contributed by atoms with E-state index in [1.807, 2.05) is 91.0 Å². The highest BCUT2D eigenvalue weighted by Crippen LogP contribution is 2.00. The van der Waals surface area contributed by atoms with Crippen LogP contribution in [0.3, 0.4) is 0 Å². The van der Waals surface area contributed by atoms with Crippen molar-refractivity contribution in [3.63, 3.8) is 0 Å². The molecular weight excluding hydrogens is 328 g/mol. The van der Waals surface area contributed by atoms with Crippen molar-refractivity contribution in [2.24, 2.45) is 0 Å². The minimum Gasteiger partial charge on any atom is -0.127 e. The second kappa shape index (κ2) is 10.1. The van der Waals surface area contributed by atoms with Gasteiger partial charge in [-0.2, -0.15) is 0 Å². The van der Waals surface area contributed by atoms with Gasteiger partial charge >= 0.3 is 0 Å². The Hall–Kier alpha value is -3.00. The first-order valence-electron chi connectivity index (χ1n) is 8.73. The Morgan fingerprint density at radius 1 is 0.462 bits per heavy atom. The van der Waals surface area contributed by atoms with Gasteiger partial charge in [-0.25, -0.2) is 0 Å². The lowest BCUT2D eigenvalue weighted by Gasteiger charge is -2.02. The van der Waals surface area contributed by atoms with Crippen LogP contribution >= 0.6 is 0 Å². The van der Waals surface area contributed by atoms with Crippen LogP contribution in [0.5, 0.6) is 0 Å². The molecule has 0 amide bonds. The van der Waals surface area contributed by atoms with E-state index in [0.717, 1.165) is 16.7 Å². The molecule has 0 fully saturated rings. The predicted molar refractivity (Wildman–Crippen MR) is 116 cm³/mol. The van der Waals surface area contributed by atoms with Crippen molar-refractivity contribution in [3.8, 4) is 23.3 Å². The molecule has 0 heterocycles. The fraction of sp³-hybridized carbons (Fsp3) is 0.120. The molecule has 0 N–H and O–H groups in total. The molecule has 0 saturated carbocycles. The third-order valence-electron chi connectivity index (χ3n) is 3.25. The van der Waals surface area contributed by atoms with Crippen molar-refractivity contribution in [1.29, 1.82) is 0 Å². The van der Waals surface area contributed by atoms with Crippen LogP contribution in [0.15, 0.2) is 91.0 Å². The van der Waals surface area contributed by atoms with Crippen LogP contribution in [0.2, 0.25) is 19.6 Å². The molecule has 0 saturated heterocycles. The zero-order valence-electron chi connectivity index (χ0n) is 15.7. The van der Waals surface area contributed by atoms with E-state index < -0.39 is 8.07 Å². The van der Waals surface area contributed by atoms with Gasteiger partial charge in [0, 0.05) is 16.7 Å². The molecule has 0 aliphatic carbocycles. The van der Waals surface area contributed by atoms with E-state index in [2.05, 4.69) is 42.9 Å². The second-order valence-electron chi connectivity index (χ2n) is 6.85. The average molecular weight is 353 g/mol. The Balaban J connectivity index is 0.000000190. The van der Waals surface area contributed by atoms with Crippen LogP contribution in [0.4, 0.5) is 0 Å². The van der Waals surface area contributed by atoms with Crippen molar-refractivity contribution >= 4 is 8.07 Å². The minimum atomic E-state index is -1.20. The zero-order valence-corrected chi connectivity index (χ0v) is 16.7. The molecule has 0 atom stereocenters. The van der Waals surface area contributed by atoms with Gasteiger partial charge in [0.05, 0.1) is 0 Å². The van der Waals surface area contributed by atoms with E-state index >= 15 is 0 Å². The van der Waals surface area contributed by atoms with Crippen LogP contribution < -0.4 is 0 Å². The van der Waals surface area contributed by atoms with E-state index in [1.54, 1.807) is 0 Å². The lowest BCUT2D eigenvalue weighted by Crippen LogP contribution is -2.16. The van der Waals surface area contributed by atoms with Crippen LogP contribution in [-0.2, 0) is 0 Å². The molecule has 0 spiro atoms. The standard InChI is InChI=1S/C14H10.C11H14Si/c1-3-7-13(8-4-1)11-12-14-9-5-2-6-10-14;1-12(2,3)10-9-11-7-5-4-6-8-11/h1-10H;4-8H,1-3H3. The summed E-state index contributed by atoms with van der Waals surface area (Å²) in [5.41, 5.74) is 6.56. The molecular formula is C25H24Si. The molecule has 3 aromatic carbocycles. The summed E-state index contributed by atoms with van der Waals surface area (Å²) in [6, 6.07) is 30.2. The summed E-state index contributed by atoms with van der Waals surface area (Å²) in [7, 11) is -1.20. The summed E-state index contributed by atoms with van der Waals surface area (Å²) < 4.78 is 0. The fourth-order valence-corrected chi connectivity index (χ4v) is 2.49. The van der Waals surface area contributed by atoms with Crippen molar-refractivity contribution in [1.82, 2.24) is 0 Å². The molecule has 26 heavy (non-hydrogen) atoms. The van der Waals surface area contributed by atoms with Gasteiger partial charge in [-0.15, -0.1) is 5.54 Å². The molecule has 3 aromatic rings. The van der Waals surface area contributed by atoms with Gasteiger partial charge in [-0.3, -0.25) is 0 Å². The Morgan fingerprint density at radius 3 is 1.08 bits per heavy atom. The first kappa shape index (κ1) is 19.3. The van der Waals surface area contributed by atoms with Crippen molar-refractivity contribution in [2.75, 3.05) is 0 Å². The second-order valence-corrected chi connectivity index (χ2v) is 11.6. The van der Waals surface area contributed by atoms with Crippen molar-refractivity contribution in [3.05, 3.63) is 108 Å². The van der Waals surface area contributed by atoms with Gasteiger partial charge in [0.1, 0.15) is 8.07 Å². The molecule has 0 aliphatic rings. The van der Waals surface area contributed by atoms with Gasteiger partial charge < -0.3 is 0 Å². The van der Waals surface area contributed by atoms with Crippen LogP contribution in [0.25, 0.3) is 0 Å². The molecule has 0 bridgehead atoms. The van der Waals surface area contributed by atoms with Gasteiger partial charge in [0.15, 0.2) is 0 Å². The molecule has 0 nitrogen and oxygen atoms in total. The summed E-state index contributed by atoms with van der Waals surface area (Å²) in [6.45, 7) is 6.76. The maximum Gasteiger partial charge on any atom is 0.129 e. The molecule has 0 aromatic heterocycles. The maximum atomic E-state index is 3.33. The minimum absolute atomic E-state index is 1.05. The van der Waals surface area contributed by atoms with E-state index in [1.165, 1.54) is 0 Å². The Morgan fingerprint density at radius 2 is 0.769 bits per heavy atom. The fourth-order valence-electron chi connectivity index (χ4n) is 1.97. The van der Waals surface area contributed by atoms with E-state index in [4.69, 9.17) is 0 Å². The average Bonchev–Trinajstić information content (AvgIpc) is 2.67. The lowest BCUT2D eigenvalue weighted by atomic mass is 10.2. The Kier molecular flexibility index (Phi) is 7.50. The monoisotopic (exact) mass is 352 g/mol. The Labute approximate surface area is 158 Å². The highest BCUT2D eigenvalue weighted by atomic mass is 28.3. The highest BCUT2D eigenvalue weighted by molar-refractivity contribution is 6.83. The number of hydrogen-bond donors (Lipinski definition) is 0. The molecule has 0 unspecified atom stereocenters. The normalized spacial score (nSPS) is 9.50. The maximum absolute atomic E-state index is 3.33. The number of benzene rings is 3. The lowest BCUT2D eigenvalue weighted by molar-refractivity contribution is 1.62. The number of rotatable bonds is 0. The van der Waals surface area contributed by atoms with Crippen LogP contribution in [0.1, 0.15) is 16.7 Å². The largest absolute Gasteiger partial charge is 0.129 e. The van der Waals surface area contributed by atoms with Gasteiger partial charge in [-0.05, 0) is 36.4 Å². The third kappa shape index (κ3) is 8.20. The van der Waals surface area contributed by atoms with Crippen molar-refractivity contribution in [2.45, 2.75) is 19.6 Å². The molecule has 3 rings (SSSR count). The highest BCUT2D eigenvalue weighted by Gasteiger charge is 2.06. The van der Waals surface area contributed by atoms with E-state index in [-0.39, 0.29) is 0 Å². The summed E-state index contributed by atoms with van der Waals surface area (Å²) in [5, 5.41) is 0. The van der Waals surface area contributed by atoms with Crippen LogP contribution in [-0.4, -0.2) is 8.07 Å². The molecule has 0 radical (unpaired) electrons. The summed E-state index contributed by atoms with van der Waals surface area (Å²) in [4.78, 5) is 0. The van der Waals surface area contributed by atoms with Crippen molar-refractivity contribution < 1.29 is 0 Å². The summed E-state index contributed by atoms with van der Waals surface area (Å²) >= 11 is 0. The number of hydrogen-bond acceptors (Lipinski definition) is 0. The SMILES string of the molecule is C(#Cc1ccccc1)c1ccccc1.C[Si](C)(C)C#Cc1ccccc1. The van der Waals surface area contributed by atoms with E-state index in [0.29, 0.717) is 0 Å². The first-order valence-corrected chi connectivity index (χ1v) is 12.2. The Bertz CT molecular complexity index is 854. The zero-order chi connectivity index (χ0) is 18.7. The molecule has 128 valence electrons. The third-order valence-corrected chi connectivity index (χ3v) is 4.13. The topological polar surface area (TPSA) is 0 Å². The van der Waals surface area contributed by atoms with Crippen LogP contribution in [0, 0.1) is 23.3 Å². The predicted octanol–water partition coefficient (Wildman–Crippen LogP) is 6.00. The first-order chi connectivity index (χ1) is 12.5. The smallest absolute Gasteiger partial charge is 0.127 e. The molecule has 0 aliphatic heterocycles. The van der Waals surface area contributed by atoms with Gasteiger partial charge in [-0.1, -0.05) is 92.0 Å². The quantitative estimate of drug-likeness (QED) is 0.344. The van der Waals surface area contributed by atoms with E-state index in [9.17, 15) is 0 Å². The summed E-state index contributed by atoms with van der Waals surface area (Å²) in [5.74, 6) is 9.42. The molecule has 1 heteroatoms. The van der Waals surface area contributed by atoms with Gasteiger partial charge in [0.25, 0.3) is 0 Å².